The van der Waals surface area contributed by atoms with Gasteiger partial charge in [0.05, 0.1) is 25.4 Å². The molecule has 358 valence electrons. The molecule has 1 amide bonds. The lowest BCUT2D eigenvalue weighted by Gasteiger charge is -2.40. The standard InChI is InChI=1S/C50H93NO10/c1-3-5-7-9-11-13-15-17-19-21-22-24-26-28-30-32-34-36-38-43(54)49(59)51-41(40-60-50-48(58)47(57)46(56)44(39-52)61-50)45(55)42(53)37-35-33-31-29-27-25-23-20-18-16-14-12-10-8-6-4-2/h11,13,15,17,29,31,41-48,50,52-58H,3-10,12,14,16,18-28,30,32-40H2,1-2H3,(H,51,59)/b13-11-,17-15-,31-29+. The van der Waals surface area contributed by atoms with Gasteiger partial charge < -0.3 is 50.5 Å². The van der Waals surface area contributed by atoms with Crippen molar-refractivity contribution < 1.29 is 50.0 Å². The molecule has 11 heteroatoms. The molecule has 1 fully saturated rings. The van der Waals surface area contributed by atoms with Crippen molar-refractivity contribution in [1.82, 2.24) is 5.32 Å². The number of ether oxygens (including phenoxy) is 2. The van der Waals surface area contributed by atoms with E-state index in [0.29, 0.717) is 12.8 Å². The summed E-state index contributed by atoms with van der Waals surface area (Å²) >= 11 is 0. The molecule has 0 saturated carbocycles. The van der Waals surface area contributed by atoms with Gasteiger partial charge in [-0.1, -0.05) is 179 Å². The zero-order chi connectivity index (χ0) is 44.8. The minimum atomic E-state index is -1.67. The van der Waals surface area contributed by atoms with E-state index in [1.54, 1.807) is 0 Å². The lowest BCUT2D eigenvalue weighted by atomic mass is 9.98. The first-order chi connectivity index (χ1) is 29.7. The van der Waals surface area contributed by atoms with Crippen LogP contribution in [0.25, 0.3) is 0 Å². The van der Waals surface area contributed by atoms with Crippen LogP contribution in [0, 0.1) is 0 Å². The fraction of sp³-hybridized carbons (Fsp3) is 0.860. The molecular weight excluding hydrogens is 775 g/mol. The van der Waals surface area contributed by atoms with Crippen molar-refractivity contribution in [2.24, 2.45) is 0 Å². The predicted octanol–water partition coefficient (Wildman–Crippen LogP) is 8.78. The number of nitrogens with one attached hydrogen (secondary N) is 1. The summed E-state index contributed by atoms with van der Waals surface area (Å²) in [5.41, 5.74) is 0. The van der Waals surface area contributed by atoms with E-state index in [0.717, 1.165) is 44.9 Å². The Morgan fingerprint density at radius 1 is 0.574 bits per heavy atom. The van der Waals surface area contributed by atoms with Gasteiger partial charge in [-0.3, -0.25) is 4.79 Å². The monoisotopic (exact) mass is 868 g/mol. The van der Waals surface area contributed by atoms with Crippen LogP contribution in [-0.4, -0.2) is 110 Å². The summed E-state index contributed by atoms with van der Waals surface area (Å²) in [6, 6.07) is -1.19. The van der Waals surface area contributed by atoms with E-state index in [1.165, 1.54) is 122 Å². The Kier molecular flexibility index (Phi) is 37.5. The first-order valence-electron chi connectivity index (χ1n) is 24.9. The third kappa shape index (κ3) is 29.4. The fourth-order valence-corrected chi connectivity index (χ4v) is 7.78. The maximum atomic E-state index is 13.1. The predicted molar refractivity (Wildman–Crippen MR) is 247 cm³/mol. The molecule has 0 aromatic rings. The Labute approximate surface area is 371 Å². The van der Waals surface area contributed by atoms with Gasteiger partial charge in [0.25, 0.3) is 0 Å². The van der Waals surface area contributed by atoms with E-state index < -0.39 is 74.2 Å². The van der Waals surface area contributed by atoms with Crippen LogP contribution >= 0.6 is 0 Å². The number of rotatable bonds is 41. The number of aliphatic hydroxyl groups excluding tert-OH is 7. The Morgan fingerprint density at radius 2 is 1.02 bits per heavy atom. The highest BCUT2D eigenvalue weighted by atomic mass is 16.7. The van der Waals surface area contributed by atoms with Crippen molar-refractivity contribution in [2.75, 3.05) is 13.2 Å². The molecule has 0 aliphatic carbocycles. The normalized spacial score (nSPS) is 21.8. The zero-order valence-electron chi connectivity index (χ0n) is 38.6. The van der Waals surface area contributed by atoms with Crippen LogP contribution in [0.1, 0.15) is 206 Å². The Morgan fingerprint density at radius 3 is 1.54 bits per heavy atom. The number of amides is 1. The molecule has 0 aromatic heterocycles. The third-order valence-electron chi connectivity index (χ3n) is 11.9. The van der Waals surface area contributed by atoms with Crippen LogP contribution in [0.5, 0.6) is 0 Å². The second kappa shape index (κ2) is 39.9. The number of aliphatic hydroxyl groups is 7. The van der Waals surface area contributed by atoms with E-state index >= 15 is 0 Å². The highest BCUT2D eigenvalue weighted by molar-refractivity contribution is 5.80. The quantitative estimate of drug-likeness (QED) is 0.0168. The lowest BCUT2D eigenvalue weighted by Crippen LogP contribution is -2.60. The minimum absolute atomic E-state index is 0.248. The molecule has 1 aliphatic rings. The van der Waals surface area contributed by atoms with E-state index in [-0.39, 0.29) is 12.8 Å². The summed E-state index contributed by atoms with van der Waals surface area (Å²) in [5, 5.41) is 75.8. The van der Waals surface area contributed by atoms with Crippen molar-refractivity contribution in [3.63, 3.8) is 0 Å². The van der Waals surface area contributed by atoms with E-state index in [1.807, 2.05) is 0 Å². The number of carbonyl (C=O) groups excluding carboxylic acids is 1. The van der Waals surface area contributed by atoms with Crippen LogP contribution in [-0.2, 0) is 14.3 Å². The first-order valence-corrected chi connectivity index (χ1v) is 24.9. The van der Waals surface area contributed by atoms with Crippen molar-refractivity contribution in [1.29, 1.82) is 0 Å². The van der Waals surface area contributed by atoms with Gasteiger partial charge in [0.2, 0.25) is 5.91 Å². The minimum Gasteiger partial charge on any atom is -0.394 e. The SMILES string of the molecule is CCCCC/C=C\C=C/CCCCCCCCCCCC(O)C(=O)NC(COC1OC(CO)C(O)C(O)C1O)C(O)C(O)CCC/C=C/CCCCCCCCCCCCC. The fourth-order valence-electron chi connectivity index (χ4n) is 7.78. The number of unbranched alkanes of at least 4 members (excludes halogenated alkanes) is 24. The molecule has 0 bridgehead atoms. The van der Waals surface area contributed by atoms with Gasteiger partial charge in [0.1, 0.15) is 36.6 Å². The van der Waals surface area contributed by atoms with E-state index in [4.69, 9.17) is 9.47 Å². The largest absolute Gasteiger partial charge is 0.394 e. The average Bonchev–Trinajstić information content (AvgIpc) is 3.26. The molecular formula is C50H93NO10. The van der Waals surface area contributed by atoms with Gasteiger partial charge in [-0.2, -0.15) is 0 Å². The highest BCUT2D eigenvalue weighted by Gasteiger charge is 2.44. The summed E-state index contributed by atoms with van der Waals surface area (Å²) in [5.74, 6) is -0.711. The second-order valence-electron chi connectivity index (χ2n) is 17.6. The third-order valence-corrected chi connectivity index (χ3v) is 11.9. The molecule has 9 unspecified atom stereocenters. The zero-order valence-corrected chi connectivity index (χ0v) is 38.6. The van der Waals surface area contributed by atoms with E-state index in [2.05, 4.69) is 55.6 Å². The van der Waals surface area contributed by atoms with Crippen LogP contribution in [0.15, 0.2) is 36.5 Å². The summed E-state index contributed by atoms with van der Waals surface area (Å²) in [6.45, 7) is 3.40. The summed E-state index contributed by atoms with van der Waals surface area (Å²) in [7, 11) is 0. The van der Waals surface area contributed by atoms with Gasteiger partial charge in [-0.15, -0.1) is 0 Å². The Hall–Kier alpha value is -1.67. The first kappa shape index (κ1) is 57.3. The topological polar surface area (TPSA) is 189 Å². The molecule has 0 spiro atoms. The Balaban J connectivity index is 2.44. The van der Waals surface area contributed by atoms with Crippen molar-refractivity contribution in [3.8, 4) is 0 Å². The van der Waals surface area contributed by atoms with Gasteiger partial charge in [0.15, 0.2) is 6.29 Å². The molecule has 9 atom stereocenters. The van der Waals surface area contributed by atoms with Crippen LogP contribution in [0.4, 0.5) is 0 Å². The molecule has 1 heterocycles. The average molecular weight is 868 g/mol. The molecule has 1 saturated heterocycles. The molecule has 8 N–H and O–H groups in total. The number of hydrogen-bond donors (Lipinski definition) is 8. The van der Waals surface area contributed by atoms with Gasteiger partial charge in [0, 0.05) is 0 Å². The lowest BCUT2D eigenvalue weighted by molar-refractivity contribution is -0.303. The van der Waals surface area contributed by atoms with Gasteiger partial charge >= 0.3 is 0 Å². The van der Waals surface area contributed by atoms with Crippen molar-refractivity contribution in [3.05, 3.63) is 36.5 Å². The maximum Gasteiger partial charge on any atom is 0.249 e. The van der Waals surface area contributed by atoms with Crippen LogP contribution in [0.2, 0.25) is 0 Å². The van der Waals surface area contributed by atoms with Crippen LogP contribution in [0.3, 0.4) is 0 Å². The van der Waals surface area contributed by atoms with Gasteiger partial charge in [-0.25, -0.2) is 0 Å². The molecule has 1 aliphatic heterocycles. The summed E-state index contributed by atoms with van der Waals surface area (Å²) < 4.78 is 11.1. The molecule has 0 radical (unpaired) electrons. The molecule has 11 nitrogen and oxygen atoms in total. The Bertz CT molecular complexity index is 1090. The number of hydrogen-bond acceptors (Lipinski definition) is 10. The van der Waals surface area contributed by atoms with Gasteiger partial charge in [-0.05, 0) is 64.2 Å². The summed E-state index contributed by atoms with van der Waals surface area (Å²) in [4.78, 5) is 13.1. The number of allylic oxidation sites excluding steroid dienone is 6. The molecule has 0 aromatic carbocycles. The smallest absolute Gasteiger partial charge is 0.249 e. The van der Waals surface area contributed by atoms with Crippen molar-refractivity contribution >= 4 is 5.91 Å². The van der Waals surface area contributed by atoms with Crippen molar-refractivity contribution in [2.45, 2.75) is 262 Å². The van der Waals surface area contributed by atoms with Crippen LogP contribution < -0.4 is 5.32 Å². The van der Waals surface area contributed by atoms with E-state index in [9.17, 15) is 40.5 Å². The highest BCUT2D eigenvalue weighted by Crippen LogP contribution is 2.23. The second-order valence-corrected chi connectivity index (χ2v) is 17.6. The summed E-state index contributed by atoms with van der Waals surface area (Å²) in [6.07, 6.45) is 34.7. The molecule has 61 heavy (non-hydrogen) atoms. The molecule has 1 rings (SSSR count). The maximum absolute atomic E-state index is 13.1. The number of carbonyl (C=O) groups is 1.